The number of nitrogens with one attached hydrogen (secondary N) is 2. The summed E-state index contributed by atoms with van der Waals surface area (Å²) in [6.45, 7) is 4.14. The summed E-state index contributed by atoms with van der Waals surface area (Å²) >= 11 is 0. The minimum Gasteiger partial charge on any atom is -0.370 e. The van der Waals surface area contributed by atoms with Crippen LogP contribution in [0.3, 0.4) is 0 Å². The topological polar surface area (TPSA) is 80.0 Å². The molecule has 25 heavy (non-hydrogen) atoms. The standard InChI is InChI=1S/C18H30N4O.2ClH/c1-15-6-7-16(22-13-15)20-10-5-11-21-17(23)12-18(14-19)8-3-2-4-9-18;;/h6-7,13H,2-5,8-12,14,19H2,1H3,(H,20,22)(H,21,23);2*1H. The second-order valence-electron chi connectivity index (χ2n) is 6.79. The molecule has 1 aliphatic rings. The first-order valence-corrected chi connectivity index (χ1v) is 8.77. The van der Waals surface area contributed by atoms with Gasteiger partial charge in [-0.05, 0) is 49.8 Å². The largest absolute Gasteiger partial charge is 0.370 e. The van der Waals surface area contributed by atoms with Crippen molar-refractivity contribution in [2.24, 2.45) is 11.1 Å². The van der Waals surface area contributed by atoms with Crippen molar-refractivity contribution in [1.29, 1.82) is 0 Å². The van der Waals surface area contributed by atoms with Gasteiger partial charge in [0, 0.05) is 25.7 Å². The van der Waals surface area contributed by atoms with Gasteiger partial charge in [-0.3, -0.25) is 4.79 Å². The number of anilines is 1. The van der Waals surface area contributed by atoms with E-state index in [2.05, 4.69) is 15.6 Å². The molecule has 0 bridgehead atoms. The zero-order chi connectivity index (χ0) is 16.5. The molecule has 7 heteroatoms. The monoisotopic (exact) mass is 390 g/mol. The van der Waals surface area contributed by atoms with Gasteiger partial charge in [0.15, 0.2) is 0 Å². The average molecular weight is 391 g/mol. The van der Waals surface area contributed by atoms with Crippen LogP contribution in [0.4, 0.5) is 5.82 Å². The molecule has 1 aromatic heterocycles. The van der Waals surface area contributed by atoms with Crippen LogP contribution >= 0.6 is 24.8 Å². The Morgan fingerprint density at radius 1 is 1.20 bits per heavy atom. The maximum atomic E-state index is 12.1. The summed E-state index contributed by atoms with van der Waals surface area (Å²) in [4.78, 5) is 16.4. The lowest BCUT2D eigenvalue weighted by molar-refractivity contribution is -0.123. The Morgan fingerprint density at radius 2 is 1.92 bits per heavy atom. The Morgan fingerprint density at radius 3 is 2.52 bits per heavy atom. The van der Waals surface area contributed by atoms with Gasteiger partial charge in [-0.2, -0.15) is 0 Å². The molecule has 1 amide bonds. The van der Waals surface area contributed by atoms with E-state index in [1.165, 1.54) is 19.3 Å². The SMILES string of the molecule is Cc1ccc(NCCCNC(=O)CC2(CN)CCCCC2)nc1.Cl.Cl. The summed E-state index contributed by atoms with van der Waals surface area (Å²) < 4.78 is 0. The zero-order valence-electron chi connectivity index (χ0n) is 15.1. The lowest BCUT2D eigenvalue weighted by atomic mass is 9.71. The molecule has 0 aromatic carbocycles. The van der Waals surface area contributed by atoms with Crippen LogP contribution in [0.25, 0.3) is 0 Å². The molecule has 1 heterocycles. The number of hydrogen-bond acceptors (Lipinski definition) is 4. The second-order valence-corrected chi connectivity index (χ2v) is 6.79. The Hall–Kier alpha value is -1.04. The van der Waals surface area contributed by atoms with E-state index in [4.69, 9.17) is 5.73 Å². The number of carbonyl (C=O) groups excluding carboxylic acids is 1. The Kier molecular flexibility index (Phi) is 11.8. The number of halogens is 2. The molecule has 2 rings (SSSR count). The fraction of sp³-hybridized carbons (Fsp3) is 0.667. The number of amides is 1. The molecule has 0 unspecified atom stereocenters. The van der Waals surface area contributed by atoms with Crippen LogP contribution < -0.4 is 16.4 Å². The maximum absolute atomic E-state index is 12.1. The van der Waals surface area contributed by atoms with Gasteiger partial charge in [0.05, 0.1) is 0 Å². The van der Waals surface area contributed by atoms with Crippen molar-refractivity contribution >= 4 is 36.5 Å². The number of aryl methyl sites for hydroxylation is 1. The van der Waals surface area contributed by atoms with Crippen molar-refractivity contribution in [2.45, 2.75) is 51.9 Å². The molecular weight excluding hydrogens is 359 g/mol. The first-order chi connectivity index (χ1) is 11.1. The number of nitrogens with zero attached hydrogens (tertiary/aromatic N) is 1. The van der Waals surface area contributed by atoms with Crippen LogP contribution in [0.1, 0.15) is 50.5 Å². The molecule has 4 N–H and O–H groups in total. The van der Waals surface area contributed by atoms with Crippen molar-refractivity contribution < 1.29 is 4.79 Å². The van der Waals surface area contributed by atoms with Crippen LogP contribution in [0.15, 0.2) is 18.3 Å². The smallest absolute Gasteiger partial charge is 0.220 e. The van der Waals surface area contributed by atoms with Crippen LogP contribution in [-0.2, 0) is 4.79 Å². The molecule has 0 atom stereocenters. The summed E-state index contributed by atoms with van der Waals surface area (Å²) in [5, 5.41) is 6.29. The molecule has 1 fully saturated rings. The molecular formula is C18H32Cl2N4O. The molecule has 0 saturated heterocycles. The third-order valence-corrected chi connectivity index (χ3v) is 4.78. The van der Waals surface area contributed by atoms with E-state index in [9.17, 15) is 4.79 Å². The second kappa shape index (κ2) is 12.3. The lowest BCUT2D eigenvalue weighted by Crippen LogP contribution is -2.39. The molecule has 144 valence electrons. The minimum absolute atomic E-state index is 0. The van der Waals surface area contributed by atoms with E-state index in [-0.39, 0.29) is 36.1 Å². The number of hydrogen-bond donors (Lipinski definition) is 3. The highest BCUT2D eigenvalue weighted by atomic mass is 35.5. The van der Waals surface area contributed by atoms with E-state index in [0.29, 0.717) is 19.5 Å². The van der Waals surface area contributed by atoms with Gasteiger partial charge in [-0.15, -0.1) is 24.8 Å². The maximum Gasteiger partial charge on any atom is 0.220 e. The summed E-state index contributed by atoms with van der Waals surface area (Å²) in [6.07, 6.45) is 9.20. The number of nitrogens with two attached hydrogens (primary N) is 1. The van der Waals surface area contributed by atoms with Crippen LogP contribution in [0.2, 0.25) is 0 Å². The highest BCUT2D eigenvalue weighted by Gasteiger charge is 2.32. The molecule has 1 saturated carbocycles. The van der Waals surface area contributed by atoms with Crippen LogP contribution in [0.5, 0.6) is 0 Å². The van der Waals surface area contributed by atoms with E-state index < -0.39 is 0 Å². The molecule has 5 nitrogen and oxygen atoms in total. The van der Waals surface area contributed by atoms with Gasteiger partial charge in [0.25, 0.3) is 0 Å². The predicted molar refractivity (Wildman–Crippen MR) is 109 cm³/mol. The molecule has 0 spiro atoms. The zero-order valence-corrected chi connectivity index (χ0v) is 16.7. The fourth-order valence-corrected chi connectivity index (χ4v) is 3.26. The summed E-state index contributed by atoms with van der Waals surface area (Å²) in [5.41, 5.74) is 7.14. The van der Waals surface area contributed by atoms with E-state index in [1.807, 2.05) is 25.3 Å². The Bertz CT molecular complexity index is 490. The highest BCUT2D eigenvalue weighted by Crippen LogP contribution is 2.38. The number of aromatic nitrogens is 1. The van der Waals surface area contributed by atoms with Crippen molar-refractivity contribution in [3.8, 4) is 0 Å². The van der Waals surface area contributed by atoms with Gasteiger partial charge >= 0.3 is 0 Å². The van der Waals surface area contributed by atoms with Gasteiger partial charge < -0.3 is 16.4 Å². The Labute approximate surface area is 163 Å². The summed E-state index contributed by atoms with van der Waals surface area (Å²) in [6, 6.07) is 4.01. The summed E-state index contributed by atoms with van der Waals surface area (Å²) in [7, 11) is 0. The molecule has 1 aromatic rings. The predicted octanol–water partition coefficient (Wildman–Crippen LogP) is 3.45. The summed E-state index contributed by atoms with van der Waals surface area (Å²) in [5.74, 6) is 1.03. The van der Waals surface area contributed by atoms with Gasteiger partial charge in [-0.25, -0.2) is 4.98 Å². The molecule has 0 radical (unpaired) electrons. The quantitative estimate of drug-likeness (QED) is 0.593. The first kappa shape index (κ1) is 24.0. The third kappa shape index (κ3) is 8.25. The van der Waals surface area contributed by atoms with Gasteiger partial charge in [0.2, 0.25) is 5.91 Å². The van der Waals surface area contributed by atoms with Crippen LogP contribution in [0, 0.1) is 12.3 Å². The van der Waals surface area contributed by atoms with E-state index in [1.54, 1.807) is 0 Å². The Balaban J connectivity index is 0.00000288. The fourth-order valence-electron chi connectivity index (χ4n) is 3.26. The number of rotatable bonds is 8. The minimum atomic E-state index is 0. The van der Waals surface area contributed by atoms with Crippen molar-refractivity contribution in [3.63, 3.8) is 0 Å². The van der Waals surface area contributed by atoms with E-state index in [0.717, 1.165) is 37.2 Å². The normalized spacial score (nSPS) is 15.4. The van der Waals surface area contributed by atoms with Crippen molar-refractivity contribution in [1.82, 2.24) is 10.3 Å². The van der Waals surface area contributed by atoms with Gasteiger partial charge in [-0.1, -0.05) is 25.3 Å². The van der Waals surface area contributed by atoms with Gasteiger partial charge in [0.1, 0.15) is 5.82 Å². The van der Waals surface area contributed by atoms with Crippen molar-refractivity contribution in [3.05, 3.63) is 23.9 Å². The van der Waals surface area contributed by atoms with Crippen LogP contribution in [-0.4, -0.2) is 30.5 Å². The average Bonchev–Trinajstić information content (AvgIpc) is 2.57. The third-order valence-electron chi connectivity index (χ3n) is 4.78. The van der Waals surface area contributed by atoms with E-state index >= 15 is 0 Å². The van der Waals surface area contributed by atoms with Crippen molar-refractivity contribution in [2.75, 3.05) is 25.0 Å². The highest BCUT2D eigenvalue weighted by molar-refractivity contribution is 5.85. The lowest BCUT2D eigenvalue weighted by Gasteiger charge is -2.35. The number of pyridine rings is 1. The molecule has 1 aliphatic carbocycles. The molecule has 0 aliphatic heterocycles. The number of carbonyl (C=O) groups is 1. The first-order valence-electron chi connectivity index (χ1n) is 8.77.